The fourth-order valence-electron chi connectivity index (χ4n) is 3.92. The van der Waals surface area contributed by atoms with Gasteiger partial charge in [0.1, 0.15) is 5.75 Å². The highest BCUT2D eigenvalue weighted by Crippen LogP contribution is 2.28. The largest absolute Gasteiger partial charge is 0.507 e. The third-order valence-corrected chi connectivity index (χ3v) is 5.65. The van der Waals surface area contributed by atoms with E-state index in [0.29, 0.717) is 0 Å². The molecular formula is C27H32N2O. The zero-order valence-corrected chi connectivity index (χ0v) is 18.5. The number of phenolic OH excluding ortho intramolecular Hbond substituents is 1. The Labute approximate surface area is 180 Å². The maximum atomic E-state index is 10.2. The van der Waals surface area contributed by atoms with Crippen molar-refractivity contribution in [1.82, 2.24) is 0 Å². The summed E-state index contributed by atoms with van der Waals surface area (Å²) in [6.45, 7) is 8.46. The van der Waals surface area contributed by atoms with Crippen LogP contribution in [0.3, 0.4) is 0 Å². The molecule has 0 heterocycles. The van der Waals surface area contributed by atoms with E-state index in [1.54, 1.807) is 6.07 Å². The highest BCUT2D eigenvalue weighted by molar-refractivity contribution is 6.04. The van der Waals surface area contributed by atoms with Crippen molar-refractivity contribution in [3.63, 3.8) is 0 Å². The molecule has 0 radical (unpaired) electrons. The van der Waals surface area contributed by atoms with Gasteiger partial charge in [0, 0.05) is 11.3 Å². The van der Waals surface area contributed by atoms with Gasteiger partial charge in [0.05, 0.1) is 11.4 Å². The van der Waals surface area contributed by atoms with Gasteiger partial charge < -0.3 is 10.8 Å². The molecule has 0 saturated carbocycles. The number of nitrogen functional groups attached to an aromatic ring is 1. The Morgan fingerprint density at radius 2 is 1.60 bits per heavy atom. The molecule has 3 N–H and O–H groups in total. The number of nitrogens with two attached hydrogens (primary N) is 1. The van der Waals surface area contributed by atoms with Crippen molar-refractivity contribution in [3.8, 4) is 5.75 Å². The summed E-state index contributed by atoms with van der Waals surface area (Å²) in [4.78, 5) is 4.92. The monoisotopic (exact) mass is 400 g/mol. The van der Waals surface area contributed by atoms with Crippen LogP contribution in [-0.4, -0.2) is 10.8 Å². The van der Waals surface area contributed by atoms with Gasteiger partial charge in [0.15, 0.2) is 0 Å². The molecular weight excluding hydrogens is 368 g/mol. The van der Waals surface area contributed by atoms with Crippen molar-refractivity contribution >= 4 is 17.1 Å². The van der Waals surface area contributed by atoms with Gasteiger partial charge in [-0.05, 0) is 78.6 Å². The van der Waals surface area contributed by atoms with Crippen LogP contribution in [0.2, 0.25) is 0 Å². The molecule has 3 aromatic rings. The number of hydrogen-bond acceptors (Lipinski definition) is 3. The molecule has 0 atom stereocenters. The lowest BCUT2D eigenvalue weighted by Gasteiger charge is -2.13. The third-order valence-electron chi connectivity index (χ3n) is 5.65. The van der Waals surface area contributed by atoms with E-state index in [1.165, 1.54) is 22.3 Å². The number of anilines is 1. The number of hydrogen-bond donors (Lipinski definition) is 2. The molecule has 30 heavy (non-hydrogen) atoms. The Hall–Kier alpha value is -3.07. The molecule has 0 saturated heterocycles. The van der Waals surface area contributed by atoms with Gasteiger partial charge in [-0.1, -0.05) is 57.2 Å². The van der Waals surface area contributed by atoms with Crippen LogP contribution in [-0.2, 0) is 19.3 Å². The molecule has 3 nitrogen and oxygen atoms in total. The number of para-hydroxylation sites is 1. The predicted molar refractivity (Wildman–Crippen MR) is 128 cm³/mol. The topological polar surface area (TPSA) is 58.6 Å². The van der Waals surface area contributed by atoms with Crippen LogP contribution >= 0.6 is 0 Å². The molecule has 156 valence electrons. The quantitative estimate of drug-likeness (QED) is 0.350. The first-order chi connectivity index (χ1) is 14.5. The van der Waals surface area contributed by atoms with E-state index in [2.05, 4.69) is 58.0 Å². The normalized spacial score (nSPS) is 11.7. The molecule has 0 aliphatic heterocycles. The lowest BCUT2D eigenvalue weighted by atomic mass is 9.96. The first kappa shape index (κ1) is 21.6. The molecule has 0 spiro atoms. The molecule has 3 heteroatoms. The number of aromatic hydroxyl groups is 1. The van der Waals surface area contributed by atoms with E-state index in [4.69, 9.17) is 10.7 Å². The van der Waals surface area contributed by atoms with Crippen molar-refractivity contribution < 1.29 is 5.11 Å². The first-order valence-electron chi connectivity index (χ1n) is 10.8. The fraction of sp³-hybridized carbons (Fsp3) is 0.296. The highest BCUT2D eigenvalue weighted by atomic mass is 16.3. The third kappa shape index (κ3) is 4.73. The average Bonchev–Trinajstić information content (AvgIpc) is 2.75. The Balaban J connectivity index is 1.94. The van der Waals surface area contributed by atoms with E-state index in [9.17, 15) is 5.11 Å². The van der Waals surface area contributed by atoms with Crippen LogP contribution in [0.15, 0.2) is 59.6 Å². The number of phenols is 1. The van der Waals surface area contributed by atoms with Crippen LogP contribution in [0, 0.1) is 6.92 Å². The summed E-state index contributed by atoms with van der Waals surface area (Å²) in [7, 11) is 0. The van der Waals surface area contributed by atoms with Crippen LogP contribution < -0.4 is 5.73 Å². The second-order valence-corrected chi connectivity index (χ2v) is 7.76. The second kappa shape index (κ2) is 9.62. The van der Waals surface area contributed by atoms with Crippen molar-refractivity contribution in [2.24, 2.45) is 4.99 Å². The van der Waals surface area contributed by atoms with Gasteiger partial charge in [-0.15, -0.1) is 0 Å². The molecule has 3 aromatic carbocycles. The average molecular weight is 401 g/mol. The molecule has 0 amide bonds. The predicted octanol–water partition coefficient (Wildman–Crippen LogP) is 6.53. The van der Waals surface area contributed by atoms with E-state index < -0.39 is 0 Å². The maximum Gasteiger partial charge on any atom is 0.124 e. The minimum atomic E-state index is 0.276. The standard InChI is InChI=1S/C27H32N2O/c1-5-21-16-19(15-20-14-18(4)27(28)22(6-2)17-20)12-13-25(21)29-24(7-3)23-10-8-9-11-26(23)30/h8-14,16-17,30H,5-7,15,28H2,1-4H3. The minimum absolute atomic E-state index is 0.276. The minimum Gasteiger partial charge on any atom is -0.507 e. The summed E-state index contributed by atoms with van der Waals surface area (Å²) in [6.07, 6.45) is 3.49. The van der Waals surface area contributed by atoms with Gasteiger partial charge >= 0.3 is 0 Å². The van der Waals surface area contributed by atoms with Crippen LogP contribution in [0.25, 0.3) is 0 Å². The zero-order chi connectivity index (χ0) is 21.7. The summed E-state index contributed by atoms with van der Waals surface area (Å²) < 4.78 is 0. The lowest BCUT2D eigenvalue weighted by molar-refractivity contribution is 0.474. The van der Waals surface area contributed by atoms with E-state index >= 15 is 0 Å². The van der Waals surface area contributed by atoms with Crippen LogP contribution in [0.4, 0.5) is 11.4 Å². The van der Waals surface area contributed by atoms with Gasteiger partial charge in [-0.25, -0.2) is 0 Å². The maximum absolute atomic E-state index is 10.2. The Morgan fingerprint density at radius 1 is 0.900 bits per heavy atom. The van der Waals surface area contributed by atoms with Crippen molar-refractivity contribution in [3.05, 3.63) is 88.0 Å². The second-order valence-electron chi connectivity index (χ2n) is 7.76. The Morgan fingerprint density at radius 3 is 2.27 bits per heavy atom. The molecule has 0 aliphatic carbocycles. The fourth-order valence-corrected chi connectivity index (χ4v) is 3.92. The summed E-state index contributed by atoms with van der Waals surface area (Å²) in [5.74, 6) is 0.276. The Bertz CT molecular complexity index is 1070. The molecule has 3 rings (SSSR count). The summed E-state index contributed by atoms with van der Waals surface area (Å²) >= 11 is 0. The van der Waals surface area contributed by atoms with Gasteiger partial charge in [-0.2, -0.15) is 0 Å². The van der Waals surface area contributed by atoms with Gasteiger partial charge in [0.25, 0.3) is 0 Å². The molecule has 0 unspecified atom stereocenters. The molecule has 0 aliphatic rings. The van der Waals surface area contributed by atoms with E-state index in [0.717, 1.165) is 53.9 Å². The van der Waals surface area contributed by atoms with Crippen molar-refractivity contribution in [2.45, 2.75) is 53.4 Å². The number of nitrogens with zero attached hydrogens (tertiary/aromatic N) is 1. The van der Waals surface area contributed by atoms with Crippen molar-refractivity contribution in [1.29, 1.82) is 0 Å². The van der Waals surface area contributed by atoms with Crippen LogP contribution in [0.5, 0.6) is 5.75 Å². The van der Waals surface area contributed by atoms with E-state index in [1.807, 2.05) is 18.2 Å². The SMILES string of the molecule is CCC(=Nc1ccc(Cc2cc(C)c(N)c(CC)c2)cc1CC)c1ccccc1O. The number of aliphatic imine (C=N–C) groups is 1. The number of aryl methyl sites for hydroxylation is 3. The summed E-state index contributed by atoms with van der Waals surface area (Å²) in [5.41, 5.74) is 16.0. The van der Waals surface area contributed by atoms with E-state index in [-0.39, 0.29) is 5.75 Å². The van der Waals surface area contributed by atoms with Gasteiger partial charge in [0.2, 0.25) is 0 Å². The summed E-state index contributed by atoms with van der Waals surface area (Å²) in [5, 5.41) is 10.2. The lowest BCUT2D eigenvalue weighted by Crippen LogP contribution is -2.01. The van der Waals surface area contributed by atoms with Crippen molar-refractivity contribution in [2.75, 3.05) is 5.73 Å². The summed E-state index contributed by atoms with van der Waals surface area (Å²) in [6, 6.07) is 18.4. The molecule has 0 fully saturated rings. The smallest absolute Gasteiger partial charge is 0.124 e. The molecule has 0 aromatic heterocycles. The Kier molecular flexibility index (Phi) is 6.94. The first-order valence-corrected chi connectivity index (χ1v) is 10.8. The highest BCUT2D eigenvalue weighted by Gasteiger charge is 2.10. The molecule has 0 bridgehead atoms. The van der Waals surface area contributed by atoms with Crippen LogP contribution in [0.1, 0.15) is 60.6 Å². The van der Waals surface area contributed by atoms with Gasteiger partial charge in [-0.3, -0.25) is 4.99 Å². The number of rotatable bonds is 7. The zero-order valence-electron chi connectivity index (χ0n) is 18.5. The number of benzene rings is 3.